The van der Waals surface area contributed by atoms with Crippen LogP contribution in [0.3, 0.4) is 0 Å². The minimum absolute atomic E-state index is 0. The molecule has 0 unspecified atom stereocenters. The molecule has 7 heteroatoms. The Morgan fingerprint density at radius 1 is 1.28 bits per heavy atom. The molecule has 140 valence electrons. The lowest BCUT2D eigenvalue weighted by molar-refractivity contribution is -0.132. The molecular weight excluding hydrogens is 377 g/mol. The molecular formula is C18H27Cl2N3OS. The van der Waals surface area contributed by atoms with E-state index in [9.17, 15) is 4.79 Å². The van der Waals surface area contributed by atoms with E-state index in [2.05, 4.69) is 22.4 Å². The van der Waals surface area contributed by atoms with E-state index in [1.807, 2.05) is 24.1 Å². The average molecular weight is 404 g/mol. The second kappa shape index (κ2) is 11.0. The van der Waals surface area contributed by atoms with Crippen LogP contribution in [0.4, 0.5) is 0 Å². The Labute approximate surface area is 166 Å². The smallest absolute Gasteiger partial charge is 0.222 e. The summed E-state index contributed by atoms with van der Waals surface area (Å²) in [5.74, 6) is 1.04. The van der Waals surface area contributed by atoms with Gasteiger partial charge in [-0.05, 0) is 57.3 Å². The molecule has 1 aliphatic heterocycles. The van der Waals surface area contributed by atoms with Crippen molar-refractivity contribution in [1.82, 2.24) is 15.2 Å². The van der Waals surface area contributed by atoms with E-state index in [0.29, 0.717) is 12.3 Å². The van der Waals surface area contributed by atoms with E-state index in [1.165, 1.54) is 4.70 Å². The molecule has 0 aliphatic carbocycles. The molecule has 2 heterocycles. The number of likely N-dealkylation sites (tertiary alicyclic amines) is 1. The van der Waals surface area contributed by atoms with Crippen molar-refractivity contribution in [2.45, 2.75) is 32.1 Å². The number of nitrogens with zero attached hydrogens (tertiary/aromatic N) is 2. The van der Waals surface area contributed by atoms with Crippen LogP contribution in [0.25, 0.3) is 10.2 Å². The largest absolute Gasteiger partial charge is 0.343 e. The number of aryl methyl sites for hydroxylation is 1. The van der Waals surface area contributed by atoms with Gasteiger partial charge in [-0.15, -0.1) is 36.2 Å². The first kappa shape index (κ1) is 22.2. The molecule has 1 aliphatic rings. The van der Waals surface area contributed by atoms with Crippen LogP contribution in [-0.2, 0) is 11.2 Å². The van der Waals surface area contributed by atoms with Crippen LogP contribution in [0.15, 0.2) is 24.3 Å². The molecule has 1 N–H and O–H groups in total. The van der Waals surface area contributed by atoms with Crippen molar-refractivity contribution >= 4 is 52.3 Å². The van der Waals surface area contributed by atoms with Crippen molar-refractivity contribution in [2.24, 2.45) is 5.92 Å². The van der Waals surface area contributed by atoms with Gasteiger partial charge in [0.15, 0.2) is 0 Å². The number of carbonyl (C=O) groups is 1. The van der Waals surface area contributed by atoms with E-state index in [-0.39, 0.29) is 24.8 Å². The number of aromatic nitrogens is 1. The lowest BCUT2D eigenvalue weighted by Crippen LogP contribution is -2.40. The summed E-state index contributed by atoms with van der Waals surface area (Å²) in [6, 6.07) is 8.23. The predicted molar refractivity (Wildman–Crippen MR) is 110 cm³/mol. The van der Waals surface area contributed by atoms with Crippen LogP contribution < -0.4 is 5.32 Å². The van der Waals surface area contributed by atoms with Gasteiger partial charge in [-0.2, -0.15) is 0 Å². The van der Waals surface area contributed by atoms with Gasteiger partial charge in [0.05, 0.1) is 15.2 Å². The van der Waals surface area contributed by atoms with Gasteiger partial charge in [0.25, 0.3) is 0 Å². The highest BCUT2D eigenvalue weighted by molar-refractivity contribution is 7.18. The Morgan fingerprint density at radius 3 is 2.68 bits per heavy atom. The molecule has 3 rings (SSSR count). The van der Waals surface area contributed by atoms with E-state index in [1.54, 1.807) is 11.3 Å². The minimum atomic E-state index is 0. The number of benzene rings is 1. The minimum Gasteiger partial charge on any atom is -0.343 e. The maximum atomic E-state index is 12.3. The van der Waals surface area contributed by atoms with E-state index in [4.69, 9.17) is 0 Å². The molecule has 1 aromatic heterocycles. The summed E-state index contributed by atoms with van der Waals surface area (Å²) in [7, 11) is 2.00. The number of nitrogens with one attached hydrogen (secondary N) is 1. The Bertz CT molecular complexity index is 624. The summed E-state index contributed by atoms with van der Waals surface area (Å²) in [5.41, 5.74) is 1.07. The van der Waals surface area contributed by atoms with Gasteiger partial charge in [-0.25, -0.2) is 4.98 Å². The van der Waals surface area contributed by atoms with Gasteiger partial charge in [-0.1, -0.05) is 12.1 Å². The Morgan fingerprint density at radius 2 is 2.00 bits per heavy atom. The van der Waals surface area contributed by atoms with Crippen molar-refractivity contribution in [2.75, 3.05) is 26.7 Å². The molecule has 4 nitrogen and oxygen atoms in total. The third-order valence-corrected chi connectivity index (χ3v) is 5.68. The average Bonchev–Trinajstić information content (AvgIpc) is 2.98. The third kappa shape index (κ3) is 6.10. The zero-order valence-corrected chi connectivity index (χ0v) is 17.0. The number of fused-ring (bicyclic) bond motifs is 1. The van der Waals surface area contributed by atoms with Gasteiger partial charge in [0.1, 0.15) is 0 Å². The number of thiazole rings is 1. The summed E-state index contributed by atoms with van der Waals surface area (Å²) in [4.78, 5) is 19.0. The van der Waals surface area contributed by atoms with Crippen molar-refractivity contribution in [1.29, 1.82) is 0 Å². The standard InChI is InChI=1S/C18H25N3OS.2ClH/c1-19-13-14-9-11-21(12-10-14)18(22)8-4-7-17-20-15-5-2-3-6-16(15)23-17;;/h2-3,5-6,14,19H,4,7-13H2,1H3;2*1H. The first-order chi connectivity index (χ1) is 11.3. The van der Waals surface area contributed by atoms with Gasteiger partial charge >= 0.3 is 0 Å². The summed E-state index contributed by atoms with van der Waals surface area (Å²) in [6.07, 6.45) is 4.71. The SMILES string of the molecule is CNCC1CCN(C(=O)CCCc2nc3ccccc3s2)CC1.Cl.Cl. The number of carbonyl (C=O) groups excluding carboxylic acids is 1. The quantitative estimate of drug-likeness (QED) is 0.794. The second-order valence-corrected chi connectivity index (χ2v) is 7.43. The number of halogens is 2. The topological polar surface area (TPSA) is 45.2 Å². The monoisotopic (exact) mass is 403 g/mol. The van der Waals surface area contributed by atoms with Crippen molar-refractivity contribution in [3.63, 3.8) is 0 Å². The maximum Gasteiger partial charge on any atom is 0.222 e. The van der Waals surface area contributed by atoms with E-state index >= 15 is 0 Å². The predicted octanol–water partition coefficient (Wildman–Crippen LogP) is 3.92. The number of hydrogen-bond acceptors (Lipinski definition) is 4. The molecule has 1 amide bonds. The van der Waals surface area contributed by atoms with E-state index in [0.717, 1.165) is 61.8 Å². The summed E-state index contributed by atoms with van der Waals surface area (Å²) in [5, 5.41) is 4.38. The van der Waals surface area contributed by atoms with Gasteiger partial charge in [0.2, 0.25) is 5.91 Å². The van der Waals surface area contributed by atoms with E-state index < -0.39 is 0 Å². The van der Waals surface area contributed by atoms with Crippen LogP contribution in [0.2, 0.25) is 0 Å². The van der Waals surface area contributed by atoms with Gasteiger partial charge < -0.3 is 10.2 Å². The molecule has 0 bridgehead atoms. The van der Waals surface area contributed by atoms with Crippen molar-refractivity contribution < 1.29 is 4.79 Å². The molecule has 1 fully saturated rings. The van der Waals surface area contributed by atoms with Gasteiger partial charge in [0, 0.05) is 19.5 Å². The highest BCUT2D eigenvalue weighted by Gasteiger charge is 2.21. The number of amides is 1. The van der Waals surface area contributed by atoms with Crippen molar-refractivity contribution in [3.05, 3.63) is 29.3 Å². The Kier molecular flexibility index (Phi) is 9.72. The summed E-state index contributed by atoms with van der Waals surface area (Å²) in [6.45, 7) is 2.91. The number of hydrogen-bond donors (Lipinski definition) is 1. The Hall–Kier alpha value is -0.880. The molecule has 0 spiro atoms. The van der Waals surface area contributed by atoms with Crippen LogP contribution in [-0.4, -0.2) is 42.5 Å². The van der Waals surface area contributed by atoms with Crippen LogP contribution in [0.1, 0.15) is 30.7 Å². The van der Waals surface area contributed by atoms with Crippen LogP contribution in [0.5, 0.6) is 0 Å². The zero-order valence-electron chi connectivity index (χ0n) is 14.6. The molecule has 0 atom stereocenters. The fraction of sp³-hybridized carbons (Fsp3) is 0.556. The highest BCUT2D eigenvalue weighted by atomic mass is 35.5. The fourth-order valence-corrected chi connectivity index (χ4v) is 4.26. The first-order valence-corrected chi connectivity index (χ1v) is 9.34. The molecule has 25 heavy (non-hydrogen) atoms. The Balaban J connectivity index is 0.00000156. The van der Waals surface area contributed by atoms with Gasteiger partial charge in [-0.3, -0.25) is 4.79 Å². The van der Waals surface area contributed by atoms with Crippen molar-refractivity contribution in [3.8, 4) is 0 Å². The molecule has 0 radical (unpaired) electrons. The highest BCUT2D eigenvalue weighted by Crippen LogP contribution is 2.23. The lowest BCUT2D eigenvalue weighted by Gasteiger charge is -2.32. The fourth-order valence-electron chi connectivity index (χ4n) is 3.25. The van der Waals surface area contributed by atoms with Crippen LogP contribution in [0, 0.1) is 5.92 Å². The number of piperidine rings is 1. The normalized spacial score (nSPS) is 14.8. The molecule has 1 saturated heterocycles. The summed E-state index contributed by atoms with van der Waals surface area (Å²) >= 11 is 1.75. The zero-order chi connectivity index (χ0) is 16.1. The summed E-state index contributed by atoms with van der Waals surface area (Å²) < 4.78 is 1.24. The molecule has 1 aromatic carbocycles. The lowest BCUT2D eigenvalue weighted by atomic mass is 9.96. The first-order valence-electron chi connectivity index (χ1n) is 8.53. The third-order valence-electron chi connectivity index (χ3n) is 4.58. The van der Waals surface area contributed by atoms with Crippen LogP contribution >= 0.6 is 36.2 Å². The molecule has 0 saturated carbocycles. The number of para-hydroxylation sites is 1. The molecule has 2 aromatic rings. The number of rotatable bonds is 6. The second-order valence-electron chi connectivity index (χ2n) is 6.31. The maximum absolute atomic E-state index is 12.3.